The molecule has 7 nitrogen and oxygen atoms in total. The molecule has 0 radical (unpaired) electrons. The molecule has 0 unspecified atom stereocenters. The Labute approximate surface area is 92.4 Å². The quantitative estimate of drug-likeness (QED) is 0.729. The van der Waals surface area contributed by atoms with Gasteiger partial charge in [-0.15, -0.1) is 5.10 Å². The Morgan fingerprint density at radius 2 is 2.19 bits per heavy atom. The SMILES string of the molecule is NC(=O)OC1(Nc2nccnn2)CCCC1. The normalized spacial score (nSPS) is 18.0. The Bertz CT molecular complexity index is 363. The van der Waals surface area contributed by atoms with Crippen LogP contribution in [0, 0.1) is 0 Å². The number of carbonyl (C=O) groups is 1. The lowest BCUT2D eigenvalue weighted by molar-refractivity contribution is 0.0432. The van der Waals surface area contributed by atoms with Crippen molar-refractivity contribution in [2.24, 2.45) is 5.73 Å². The van der Waals surface area contributed by atoms with Crippen molar-refractivity contribution in [2.75, 3.05) is 5.32 Å². The number of hydrogen-bond donors (Lipinski definition) is 2. The summed E-state index contributed by atoms with van der Waals surface area (Å²) in [4.78, 5) is 14.8. The lowest BCUT2D eigenvalue weighted by atomic mass is 10.2. The molecule has 7 heteroatoms. The first-order valence-electron chi connectivity index (χ1n) is 5.11. The minimum Gasteiger partial charge on any atom is -0.423 e. The summed E-state index contributed by atoms with van der Waals surface area (Å²) in [7, 11) is 0. The molecule has 1 amide bonds. The highest BCUT2D eigenvalue weighted by Gasteiger charge is 2.38. The van der Waals surface area contributed by atoms with E-state index in [0.717, 1.165) is 12.8 Å². The van der Waals surface area contributed by atoms with Gasteiger partial charge >= 0.3 is 6.09 Å². The monoisotopic (exact) mass is 223 g/mol. The van der Waals surface area contributed by atoms with Gasteiger partial charge in [0.15, 0.2) is 5.72 Å². The molecule has 86 valence electrons. The summed E-state index contributed by atoms with van der Waals surface area (Å²) in [5.41, 5.74) is 4.28. The standard InChI is InChI=1S/C9H13N5O2/c10-7(15)16-9(3-1-2-4-9)13-8-11-5-6-12-14-8/h5-6H,1-4H2,(H2,10,15)(H,11,13,14). The Morgan fingerprint density at radius 1 is 1.44 bits per heavy atom. The van der Waals surface area contributed by atoms with Gasteiger partial charge in [-0.3, -0.25) is 0 Å². The molecule has 1 aliphatic carbocycles. The van der Waals surface area contributed by atoms with Crippen molar-refractivity contribution < 1.29 is 9.53 Å². The predicted molar refractivity (Wildman–Crippen MR) is 55.3 cm³/mol. The minimum atomic E-state index is -0.793. The van der Waals surface area contributed by atoms with E-state index < -0.39 is 11.8 Å². The third kappa shape index (κ3) is 2.36. The van der Waals surface area contributed by atoms with Gasteiger partial charge in [0.25, 0.3) is 0 Å². The molecule has 1 fully saturated rings. The van der Waals surface area contributed by atoms with E-state index in [1.54, 1.807) is 0 Å². The van der Waals surface area contributed by atoms with Gasteiger partial charge in [-0.1, -0.05) is 0 Å². The highest BCUT2D eigenvalue weighted by atomic mass is 16.6. The highest BCUT2D eigenvalue weighted by molar-refractivity contribution is 5.65. The van der Waals surface area contributed by atoms with E-state index in [9.17, 15) is 4.79 Å². The number of primary amides is 1. The van der Waals surface area contributed by atoms with Gasteiger partial charge in [-0.25, -0.2) is 9.78 Å². The van der Waals surface area contributed by atoms with Gasteiger partial charge in [0, 0.05) is 12.8 Å². The fourth-order valence-corrected chi connectivity index (χ4v) is 1.90. The molecule has 0 saturated heterocycles. The van der Waals surface area contributed by atoms with Crippen LogP contribution < -0.4 is 11.1 Å². The zero-order valence-corrected chi connectivity index (χ0v) is 8.72. The van der Waals surface area contributed by atoms with E-state index in [1.165, 1.54) is 12.4 Å². The van der Waals surface area contributed by atoms with Crippen molar-refractivity contribution in [2.45, 2.75) is 31.4 Å². The third-order valence-corrected chi connectivity index (χ3v) is 2.53. The third-order valence-electron chi connectivity index (χ3n) is 2.53. The van der Waals surface area contributed by atoms with E-state index in [4.69, 9.17) is 10.5 Å². The molecule has 0 bridgehead atoms. The Kier molecular flexibility index (Phi) is 2.84. The maximum atomic E-state index is 10.9. The zero-order chi connectivity index (χ0) is 11.4. The average Bonchev–Trinajstić information content (AvgIpc) is 2.66. The number of nitrogens with zero attached hydrogens (tertiary/aromatic N) is 3. The molecule has 0 aliphatic heterocycles. The molecule has 1 heterocycles. The molecule has 1 saturated carbocycles. The molecule has 1 aromatic heterocycles. The first-order chi connectivity index (χ1) is 7.70. The van der Waals surface area contributed by atoms with Gasteiger partial charge in [0.05, 0.1) is 12.4 Å². The van der Waals surface area contributed by atoms with Gasteiger partial charge in [0.2, 0.25) is 5.95 Å². The number of aromatic nitrogens is 3. The van der Waals surface area contributed by atoms with E-state index in [2.05, 4.69) is 20.5 Å². The summed E-state index contributed by atoms with van der Waals surface area (Å²) in [5.74, 6) is 0.339. The summed E-state index contributed by atoms with van der Waals surface area (Å²) in [6.07, 6.45) is 5.55. The maximum absolute atomic E-state index is 10.9. The molecule has 0 atom stereocenters. The zero-order valence-electron chi connectivity index (χ0n) is 8.72. The van der Waals surface area contributed by atoms with Crippen LogP contribution in [0.2, 0.25) is 0 Å². The molecule has 1 aromatic rings. The number of nitrogens with one attached hydrogen (secondary N) is 1. The molecular weight excluding hydrogens is 210 g/mol. The second kappa shape index (κ2) is 4.30. The second-order valence-corrected chi connectivity index (χ2v) is 3.71. The number of hydrogen-bond acceptors (Lipinski definition) is 6. The van der Waals surface area contributed by atoms with Crippen molar-refractivity contribution in [3.05, 3.63) is 12.4 Å². The first kappa shape index (κ1) is 10.6. The van der Waals surface area contributed by atoms with E-state index in [1.807, 2.05) is 0 Å². The van der Waals surface area contributed by atoms with Crippen molar-refractivity contribution >= 4 is 12.0 Å². The molecule has 0 aromatic carbocycles. The van der Waals surface area contributed by atoms with Gasteiger partial charge < -0.3 is 15.8 Å². The van der Waals surface area contributed by atoms with E-state index in [0.29, 0.717) is 18.8 Å². The fourth-order valence-electron chi connectivity index (χ4n) is 1.90. The van der Waals surface area contributed by atoms with Crippen molar-refractivity contribution in [1.29, 1.82) is 0 Å². The number of nitrogens with two attached hydrogens (primary N) is 1. The van der Waals surface area contributed by atoms with Crippen LogP contribution in [-0.2, 0) is 4.74 Å². The summed E-state index contributed by atoms with van der Waals surface area (Å²) in [6.45, 7) is 0. The maximum Gasteiger partial charge on any atom is 0.406 e. The summed E-state index contributed by atoms with van der Waals surface area (Å²) in [6, 6.07) is 0. The molecule has 16 heavy (non-hydrogen) atoms. The molecule has 3 N–H and O–H groups in total. The van der Waals surface area contributed by atoms with Crippen LogP contribution in [0.1, 0.15) is 25.7 Å². The van der Waals surface area contributed by atoms with Gasteiger partial charge in [-0.2, -0.15) is 5.10 Å². The van der Waals surface area contributed by atoms with Crippen LogP contribution in [0.4, 0.5) is 10.7 Å². The number of carbonyl (C=O) groups excluding carboxylic acids is 1. The van der Waals surface area contributed by atoms with Crippen LogP contribution in [-0.4, -0.2) is 27.0 Å². The Hall–Kier alpha value is -1.92. The van der Waals surface area contributed by atoms with E-state index in [-0.39, 0.29) is 0 Å². The molecule has 0 spiro atoms. The lowest BCUT2D eigenvalue weighted by Gasteiger charge is -2.28. The smallest absolute Gasteiger partial charge is 0.406 e. The number of rotatable bonds is 3. The minimum absolute atomic E-state index is 0.339. The number of amides is 1. The van der Waals surface area contributed by atoms with Gasteiger partial charge in [0.1, 0.15) is 0 Å². The lowest BCUT2D eigenvalue weighted by Crippen LogP contribution is -2.42. The van der Waals surface area contributed by atoms with Crippen LogP contribution in [0.25, 0.3) is 0 Å². The summed E-state index contributed by atoms with van der Waals surface area (Å²) >= 11 is 0. The van der Waals surface area contributed by atoms with Crippen LogP contribution >= 0.6 is 0 Å². The Balaban J connectivity index is 2.11. The average molecular weight is 223 g/mol. The largest absolute Gasteiger partial charge is 0.423 e. The molecule has 1 aliphatic rings. The predicted octanol–water partition coefficient (Wildman–Crippen LogP) is 0.649. The summed E-state index contributed by atoms with van der Waals surface area (Å²) < 4.78 is 5.12. The highest BCUT2D eigenvalue weighted by Crippen LogP contribution is 2.33. The second-order valence-electron chi connectivity index (χ2n) is 3.71. The summed E-state index contributed by atoms with van der Waals surface area (Å²) in [5, 5.41) is 10.5. The van der Waals surface area contributed by atoms with Crippen molar-refractivity contribution in [3.8, 4) is 0 Å². The van der Waals surface area contributed by atoms with Crippen molar-refractivity contribution in [3.63, 3.8) is 0 Å². The van der Waals surface area contributed by atoms with Gasteiger partial charge in [-0.05, 0) is 12.8 Å². The number of ether oxygens (including phenoxy) is 1. The van der Waals surface area contributed by atoms with Crippen LogP contribution in [0.15, 0.2) is 12.4 Å². The van der Waals surface area contributed by atoms with Crippen LogP contribution in [0.5, 0.6) is 0 Å². The number of anilines is 1. The van der Waals surface area contributed by atoms with E-state index >= 15 is 0 Å². The fraction of sp³-hybridized carbons (Fsp3) is 0.556. The van der Waals surface area contributed by atoms with Crippen LogP contribution in [0.3, 0.4) is 0 Å². The topological polar surface area (TPSA) is 103 Å². The first-order valence-corrected chi connectivity index (χ1v) is 5.11. The Morgan fingerprint density at radius 3 is 2.75 bits per heavy atom. The molecule has 2 rings (SSSR count). The molecular formula is C9H13N5O2. The van der Waals surface area contributed by atoms with Crippen molar-refractivity contribution in [1.82, 2.24) is 15.2 Å².